The van der Waals surface area contributed by atoms with E-state index in [2.05, 4.69) is 34.4 Å². The van der Waals surface area contributed by atoms with Crippen LogP contribution in [0.1, 0.15) is 12.6 Å². The van der Waals surface area contributed by atoms with E-state index in [0.29, 0.717) is 18.0 Å². The van der Waals surface area contributed by atoms with Crippen LogP contribution in [-0.2, 0) is 11.3 Å². The number of hydrogen-bond donors (Lipinski definition) is 2. The number of nitrogens with zero attached hydrogens (tertiary/aromatic N) is 1. The zero-order valence-electron chi connectivity index (χ0n) is 14.8. The number of rotatable bonds is 8. The average molecular weight is 389 g/mol. The van der Waals surface area contributed by atoms with Gasteiger partial charge in [-0.25, -0.2) is 4.98 Å². The van der Waals surface area contributed by atoms with Crippen molar-refractivity contribution in [3.63, 3.8) is 0 Å². The molecule has 2 N–H and O–H groups in total. The van der Waals surface area contributed by atoms with Gasteiger partial charge >= 0.3 is 0 Å². The van der Waals surface area contributed by atoms with Gasteiger partial charge in [-0.3, -0.25) is 4.79 Å². The first-order valence-corrected chi connectivity index (χ1v) is 10.2. The number of methoxy groups -OCH3 is 1. The number of aromatic nitrogens is 1. The second-order valence-corrected chi connectivity index (χ2v) is 7.50. The van der Waals surface area contributed by atoms with E-state index in [4.69, 9.17) is 9.72 Å². The number of para-hydroxylation sites is 2. The third-order valence-electron chi connectivity index (χ3n) is 4.04. The van der Waals surface area contributed by atoms with Crippen LogP contribution in [0.15, 0.2) is 46.5 Å². The van der Waals surface area contributed by atoms with E-state index in [9.17, 15) is 4.79 Å². The Morgan fingerprint density at radius 2 is 2.12 bits per heavy atom. The van der Waals surface area contributed by atoms with Crippen molar-refractivity contribution in [3.05, 3.63) is 52.2 Å². The number of thiazole rings is 1. The van der Waals surface area contributed by atoms with Crippen molar-refractivity contribution < 1.29 is 14.4 Å². The van der Waals surface area contributed by atoms with E-state index in [1.165, 1.54) is 10.5 Å². The molecule has 26 heavy (non-hydrogen) atoms. The second-order valence-electron chi connectivity index (χ2n) is 5.86. The molecule has 0 saturated heterocycles. The summed E-state index contributed by atoms with van der Waals surface area (Å²) >= 11 is 3.32. The SMILES string of the molecule is CC[NH+](CC(=O)Nc1ccccc1OC)Cc1csc(-c2ccsc2)n1. The van der Waals surface area contributed by atoms with Crippen LogP contribution in [0.2, 0.25) is 0 Å². The van der Waals surface area contributed by atoms with Gasteiger partial charge in [-0.05, 0) is 30.5 Å². The van der Waals surface area contributed by atoms with Crippen molar-refractivity contribution in [2.24, 2.45) is 0 Å². The van der Waals surface area contributed by atoms with Gasteiger partial charge in [0.25, 0.3) is 5.91 Å². The van der Waals surface area contributed by atoms with Crippen molar-refractivity contribution in [1.29, 1.82) is 0 Å². The molecule has 2 aromatic heterocycles. The molecule has 1 atom stereocenters. The number of carbonyl (C=O) groups excluding carboxylic acids is 1. The van der Waals surface area contributed by atoms with Crippen LogP contribution < -0.4 is 15.0 Å². The highest BCUT2D eigenvalue weighted by molar-refractivity contribution is 7.14. The first-order valence-electron chi connectivity index (χ1n) is 8.43. The van der Waals surface area contributed by atoms with Gasteiger partial charge in [-0.15, -0.1) is 11.3 Å². The topological polar surface area (TPSA) is 55.7 Å². The molecule has 3 aromatic rings. The lowest BCUT2D eigenvalue weighted by Gasteiger charge is -2.16. The Bertz CT molecular complexity index is 846. The maximum absolute atomic E-state index is 12.4. The third-order valence-corrected chi connectivity index (χ3v) is 5.67. The summed E-state index contributed by atoms with van der Waals surface area (Å²) in [6, 6.07) is 9.52. The minimum atomic E-state index is -0.0281. The normalized spacial score (nSPS) is 11.9. The van der Waals surface area contributed by atoms with Crippen molar-refractivity contribution in [3.8, 4) is 16.3 Å². The van der Waals surface area contributed by atoms with Gasteiger partial charge in [0.2, 0.25) is 0 Å². The van der Waals surface area contributed by atoms with E-state index >= 15 is 0 Å². The maximum Gasteiger partial charge on any atom is 0.279 e. The monoisotopic (exact) mass is 388 g/mol. The Morgan fingerprint density at radius 1 is 1.27 bits per heavy atom. The number of nitrogens with one attached hydrogen (secondary N) is 2. The molecule has 0 aliphatic carbocycles. The lowest BCUT2D eigenvalue weighted by molar-refractivity contribution is -0.904. The molecule has 0 bridgehead atoms. The smallest absolute Gasteiger partial charge is 0.279 e. The molecule has 7 heteroatoms. The highest BCUT2D eigenvalue weighted by Gasteiger charge is 2.16. The number of benzene rings is 1. The molecule has 5 nitrogen and oxygen atoms in total. The Kier molecular flexibility index (Phi) is 6.38. The first kappa shape index (κ1) is 18.6. The van der Waals surface area contributed by atoms with Gasteiger partial charge in [-0.1, -0.05) is 12.1 Å². The summed E-state index contributed by atoms with van der Waals surface area (Å²) in [6.07, 6.45) is 0. The highest BCUT2D eigenvalue weighted by atomic mass is 32.1. The van der Waals surface area contributed by atoms with E-state index in [1.807, 2.05) is 24.3 Å². The number of likely N-dealkylation sites (N-methyl/N-ethyl adjacent to an activating group) is 1. The van der Waals surface area contributed by atoms with Gasteiger partial charge in [0, 0.05) is 16.3 Å². The summed E-state index contributed by atoms with van der Waals surface area (Å²) in [4.78, 5) is 18.3. The lowest BCUT2D eigenvalue weighted by atomic mass is 10.3. The van der Waals surface area contributed by atoms with Gasteiger partial charge in [0.1, 0.15) is 23.0 Å². The molecule has 0 saturated carbocycles. The van der Waals surface area contributed by atoms with E-state index in [0.717, 1.165) is 23.8 Å². The fourth-order valence-electron chi connectivity index (χ4n) is 2.64. The fraction of sp³-hybridized carbons (Fsp3) is 0.263. The molecule has 0 aliphatic rings. The summed E-state index contributed by atoms with van der Waals surface area (Å²) in [5.41, 5.74) is 2.89. The molecule has 1 amide bonds. The number of carbonyl (C=O) groups is 1. The van der Waals surface area contributed by atoms with Crippen molar-refractivity contribution in [2.75, 3.05) is 25.5 Å². The third kappa shape index (κ3) is 4.69. The predicted molar refractivity (Wildman–Crippen MR) is 107 cm³/mol. The van der Waals surface area contributed by atoms with E-state index in [-0.39, 0.29) is 5.91 Å². The van der Waals surface area contributed by atoms with E-state index < -0.39 is 0 Å². The Morgan fingerprint density at radius 3 is 2.85 bits per heavy atom. The quantitative estimate of drug-likeness (QED) is 0.624. The Hall–Kier alpha value is -2.22. The summed E-state index contributed by atoms with van der Waals surface area (Å²) < 4.78 is 5.28. The second kappa shape index (κ2) is 8.93. The zero-order valence-corrected chi connectivity index (χ0v) is 16.5. The highest BCUT2D eigenvalue weighted by Crippen LogP contribution is 2.25. The van der Waals surface area contributed by atoms with Crippen LogP contribution in [0.25, 0.3) is 10.6 Å². The summed E-state index contributed by atoms with van der Waals surface area (Å²) in [5, 5.41) is 10.2. The maximum atomic E-state index is 12.4. The molecule has 1 unspecified atom stereocenters. The average Bonchev–Trinajstić information content (AvgIpc) is 3.33. The van der Waals surface area contributed by atoms with Crippen LogP contribution in [0.3, 0.4) is 0 Å². The number of hydrogen-bond acceptors (Lipinski definition) is 5. The van der Waals surface area contributed by atoms with Gasteiger partial charge in [-0.2, -0.15) is 11.3 Å². The van der Waals surface area contributed by atoms with Gasteiger partial charge in [0.05, 0.1) is 19.3 Å². The summed E-state index contributed by atoms with van der Waals surface area (Å²) in [7, 11) is 1.60. The van der Waals surface area contributed by atoms with Gasteiger partial charge in [0.15, 0.2) is 6.54 Å². The number of quaternary nitrogens is 1. The molecular weight excluding hydrogens is 366 g/mol. The van der Waals surface area contributed by atoms with Gasteiger partial charge < -0.3 is 15.0 Å². The van der Waals surface area contributed by atoms with Crippen LogP contribution in [0.4, 0.5) is 5.69 Å². The minimum Gasteiger partial charge on any atom is -0.495 e. The van der Waals surface area contributed by atoms with Crippen molar-refractivity contribution >= 4 is 34.3 Å². The summed E-state index contributed by atoms with van der Waals surface area (Å²) in [5.74, 6) is 0.637. The van der Waals surface area contributed by atoms with Crippen molar-refractivity contribution in [1.82, 2.24) is 4.98 Å². The molecule has 0 aliphatic heterocycles. The molecule has 0 spiro atoms. The number of ether oxygens (including phenoxy) is 1. The number of thiophene rings is 1. The summed E-state index contributed by atoms with van der Waals surface area (Å²) in [6.45, 7) is 4.05. The molecule has 2 heterocycles. The van der Waals surface area contributed by atoms with Crippen LogP contribution in [-0.4, -0.2) is 31.1 Å². The number of amides is 1. The Labute approximate surface area is 161 Å². The molecule has 0 fully saturated rings. The largest absolute Gasteiger partial charge is 0.495 e. The zero-order chi connectivity index (χ0) is 18.4. The van der Waals surface area contributed by atoms with Crippen molar-refractivity contribution in [2.45, 2.75) is 13.5 Å². The van der Waals surface area contributed by atoms with Crippen LogP contribution in [0.5, 0.6) is 5.75 Å². The minimum absolute atomic E-state index is 0.0281. The van der Waals surface area contributed by atoms with Crippen LogP contribution in [0, 0.1) is 0 Å². The molecule has 1 aromatic carbocycles. The number of anilines is 1. The predicted octanol–water partition coefficient (Wildman–Crippen LogP) is 2.92. The van der Waals surface area contributed by atoms with E-state index in [1.54, 1.807) is 29.8 Å². The van der Waals surface area contributed by atoms with Crippen LogP contribution >= 0.6 is 22.7 Å². The first-order chi connectivity index (χ1) is 12.7. The fourth-order valence-corrected chi connectivity index (χ4v) is 4.18. The molecular formula is C19H22N3O2S2+. The lowest BCUT2D eigenvalue weighted by Crippen LogP contribution is -3.11. The Balaban J connectivity index is 1.60. The molecule has 0 radical (unpaired) electrons. The standard InChI is InChI=1S/C19H21N3O2S2/c1-3-22(10-15-13-26-19(20-15)14-8-9-25-12-14)11-18(23)21-16-6-4-5-7-17(16)24-2/h4-9,12-13H,3,10-11H2,1-2H3,(H,21,23)/p+1. The molecule has 3 rings (SSSR count). The molecule has 136 valence electrons.